The van der Waals surface area contributed by atoms with E-state index in [1.807, 2.05) is 4.57 Å². The van der Waals surface area contributed by atoms with E-state index < -0.39 is 5.56 Å². The number of aliphatic hydroxyl groups excluding tert-OH is 1. The predicted octanol–water partition coefficient (Wildman–Crippen LogP) is -0.116. The van der Waals surface area contributed by atoms with Crippen molar-refractivity contribution >= 4 is 17.1 Å². The molecule has 0 aromatic carbocycles. The van der Waals surface area contributed by atoms with Crippen LogP contribution in [0.3, 0.4) is 0 Å². The van der Waals surface area contributed by atoms with E-state index in [1.54, 1.807) is 7.05 Å². The lowest BCUT2D eigenvalue weighted by Gasteiger charge is -2.14. The molecule has 122 valence electrons. The van der Waals surface area contributed by atoms with E-state index in [9.17, 15) is 9.59 Å². The van der Waals surface area contributed by atoms with E-state index in [2.05, 4.69) is 24.1 Å². The van der Waals surface area contributed by atoms with Crippen LogP contribution in [0.1, 0.15) is 20.3 Å². The maximum Gasteiger partial charge on any atom is 0.332 e. The Morgan fingerprint density at radius 2 is 1.91 bits per heavy atom. The van der Waals surface area contributed by atoms with E-state index in [0.717, 1.165) is 4.57 Å². The number of aryl methyl sites for hydroxylation is 1. The highest BCUT2D eigenvalue weighted by Crippen LogP contribution is 2.17. The highest BCUT2D eigenvalue weighted by Gasteiger charge is 2.19. The fourth-order valence-corrected chi connectivity index (χ4v) is 2.44. The van der Waals surface area contributed by atoms with Crippen LogP contribution in [-0.4, -0.2) is 36.9 Å². The Labute approximate surface area is 128 Å². The molecule has 0 radical (unpaired) electrons. The van der Waals surface area contributed by atoms with Gasteiger partial charge in [-0.2, -0.15) is 0 Å². The van der Waals surface area contributed by atoms with E-state index in [-0.39, 0.29) is 17.8 Å². The van der Waals surface area contributed by atoms with Crippen molar-refractivity contribution in [1.29, 1.82) is 0 Å². The molecule has 0 unspecified atom stereocenters. The summed E-state index contributed by atoms with van der Waals surface area (Å²) in [5.74, 6) is 0.880. The van der Waals surface area contributed by atoms with Gasteiger partial charge in [-0.3, -0.25) is 18.5 Å². The van der Waals surface area contributed by atoms with Crippen molar-refractivity contribution in [3.63, 3.8) is 0 Å². The third-order valence-corrected chi connectivity index (χ3v) is 3.51. The molecule has 0 fully saturated rings. The lowest BCUT2D eigenvalue weighted by molar-refractivity contribution is 0.292. The van der Waals surface area contributed by atoms with Crippen LogP contribution in [-0.2, 0) is 20.6 Å². The van der Waals surface area contributed by atoms with E-state index in [0.29, 0.717) is 37.0 Å². The van der Waals surface area contributed by atoms with Gasteiger partial charge in [0.25, 0.3) is 5.56 Å². The molecular formula is C14H23N5O3. The molecule has 2 N–H and O–H groups in total. The molecule has 0 saturated carbocycles. The molecule has 0 atom stereocenters. The number of rotatable bonds is 6. The fourth-order valence-electron chi connectivity index (χ4n) is 2.44. The van der Waals surface area contributed by atoms with Gasteiger partial charge in [0.05, 0.1) is 0 Å². The molecule has 0 saturated heterocycles. The van der Waals surface area contributed by atoms with Gasteiger partial charge in [0, 0.05) is 33.8 Å². The SMILES string of the molecule is CC(C)Cn1c(NCCCO)nc2c(=O)n(C)c(=O)n(C)c21. The zero-order valence-corrected chi connectivity index (χ0v) is 13.5. The summed E-state index contributed by atoms with van der Waals surface area (Å²) < 4.78 is 4.37. The predicted molar refractivity (Wildman–Crippen MR) is 85.2 cm³/mol. The van der Waals surface area contributed by atoms with Crippen molar-refractivity contribution in [3.05, 3.63) is 20.8 Å². The molecule has 2 rings (SSSR count). The summed E-state index contributed by atoms with van der Waals surface area (Å²) in [6.07, 6.45) is 0.585. The molecule has 2 aromatic heterocycles. The van der Waals surface area contributed by atoms with Crippen LogP contribution in [0.25, 0.3) is 11.2 Å². The molecule has 2 heterocycles. The van der Waals surface area contributed by atoms with Crippen molar-refractivity contribution in [2.75, 3.05) is 18.5 Å². The summed E-state index contributed by atoms with van der Waals surface area (Å²) in [7, 11) is 3.09. The molecule has 0 amide bonds. The Morgan fingerprint density at radius 1 is 1.23 bits per heavy atom. The summed E-state index contributed by atoms with van der Waals surface area (Å²) in [5, 5.41) is 12.0. The third-order valence-electron chi connectivity index (χ3n) is 3.51. The van der Waals surface area contributed by atoms with Gasteiger partial charge in [0.15, 0.2) is 11.2 Å². The summed E-state index contributed by atoms with van der Waals surface area (Å²) >= 11 is 0. The van der Waals surface area contributed by atoms with Crippen LogP contribution < -0.4 is 16.6 Å². The number of aromatic nitrogens is 4. The standard InChI is InChI=1S/C14H23N5O3/c1-9(2)8-19-11-10(16-13(19)15-6-5-7-20)12(21)18(4)14(22)17(11)3/h9,20H,5-8H2,1-4H3,(H,15,16). The largest absolute Gasteiger partial charge is 0.396 e. The number of anilines is 1. The lowest BCUT2D eigenvalue weighted by Crippen LogP contribution is -2.37. The molecule has 22 heavy (non-hydrogen) atoms. The Hall–Kier alpha value is -2.09. The highest BCUT2D eigenvalue weighted by molar-refractivity contribution is 5.74. The Bertz CT molecular complexity index is 784. The zero-order chi connectivity index (χ0) is 16.4. The van der Waals surface area contributed by atoms with E-state index in [1.165, 1.54) is 11.6 Å². The van der Waals surface area contributed by atoms with E-state index in [4.69, 9.17) is 5.11 Å². The van der Waals surface area contributed by atoms with Crippen LogP contribution in [0.5, 0.6) is 0 Å². The van der Waals surface area contributed by atoms with E-state index >= 15 is 0 Å². The van der Waals surface area contributed by atoms with Crippen LogP contribution >= 0.6 is 0 Å². The normalized spacial score (nSPS) is 11.5. The molecule has 2 aromatic rings. The van der Waals surface area contributed by atoms with Gasteiger partial charge in [-0.25, -0.2) is 9.78 Å². The average molecular weight is 309 g/mol. The van der Waals surface area contributed by atoms with Gasteiger partial charge in [0.2, 0.25) is 5.95 Å². The molecule has 0 spiro atoms. The fraction of sp³-hybridized carbons (Fsp3) is 0.643. The van der Waals surface area contributed by atoms with Crippen LogP contribution in [0.2, 0.25) is 0 Å². The minimum absolute atomic E-state index is 0.0810. The summed E-state index contributed by atoms with van der Waals surface area (Å²) in [6.45, 7) is 5.38. The van der Waals surface area contributed by atoms with Crippen molar-refractivity contribution in [3.8, 4) is 0 Å². The van der Waals surface area contributed by atoms with Crippen molar-refractivity contribution in [2.45, 2.75) is 26.8 Å². The smallest absolute Gasteiger partial charge is 0.332 e. The third kappa shape index (κ3) is 2.78. The first-order valence-electron chi connectivity index (χ1n) is 7.39. The maximum absolute atomic E-state index is 12.3. The first kappa shape index (κ1) is 16.3. The Morgan fingerprint density at radius 3 is 2.50 bits per heavy atom. The van der Waals surface area contributed by atoms with Crippen LogP contribution in [0.15, 0.2) is 9.59 Å². The Kier molecular flexibility index (Phi) is 4.70. The van der Waals surface area contributed by atoms with Crippen molar-refractivity contribution in [1.82, 2.24) is 18.7 Å². The molecule has 0 aliphatic carbocycles. The van der Waals surface area contributed by atoms with Gasteiger partial charge < -0.3 is 10.4 Å². The lowest BCUT2D eigenvalue weighted by atomic mass is 10.2. The monoisotopic (exact) mass is 309 g/mol. The summed E-state index contributed by atoms with van der Waals surface area (Å²) in [5.41, 5.74) is 0.0279. The number of aliphatic hydroxyl groups is 1. The number of nitrogens with zero attached hydrogens (tertiary/aromatic N) is 4. The average Bonchev–Trinajstić information content (AvgIpc) is 2.81. The Balaban J connectivity index is 2.69. The van der Waals surface area contributed by atoms with Gasteiger partial charge in [-0.15, -0.1) is 0 Å². The summed E-state index contributed by atoms with van der Waals surface area (Å²) in [4.78, 5) is 28.8. The van der Waals surface area contributed by atoms with Crippen molar-refractivity contribution < 1.29 is 5.11 Å². The zero-order valence-electron chi connectivity index (χ0n) is 13.5. The highest BCUT2D eigenvalue weighted by atomic mass is 16.3. The maximum atomic E-state index is 12.3. The topological polar surface area (TPSA) is 94.1 Å². The van der Waals surface area contributed by atoms with Gasteiger partial charge >= 0.3 is 5.69 Å². The minimum Gasteiger partial charge on any atom is -0.396 e. The quantitative estimate of drug-likeness (QED) is 0.726. The summed E-state index contributed by atoms with van der Waals surface area (Å²) in [6, 6.07) is 0. The minimum atomic E-state index is -0.397. The first-order chi connectivity index (χ1) is 10.4. The molecule has 0 aliphatic heterocycles. The number of hydrogen-bond donors (Lipinski definition) is 2. The second-order valence-electron chi connectivity index (χ2n) is 5.82. The van der Waals surface area contributed by atoms with Crippen LogP contribution in [0, 0.1) is 5.92 Å². The van der Waals surface area contributed by atoms with Crippen LogP contribution in [0.4, 0.5) is 5.95 Å². The molecular weight excluding hydrogens is 286 g/mol. The second-order valence-corrected chi connectivity index (χ2v) is 5.82. The number of nitrogens with one attached hydrogen (secondary N) is 1. The number of fused-ring (bicyclic) bond motifs is 1. The molecule has 0 bridgehead atoms. The van der Waals surface area contributed by atoms with Gasteiger partial charge in [0.1, 0.15) is 0 Å². The number of hydrogen-bond acceptors (Lipinski definition) is 5. The first-order valence-corrected chi connectivity index (χ1v) is 7.39. The van der Waals surface area contributed by atoms with Gasteiger partial charge in [-0.1, -0.05) is 13.8 Å². The molecule has 8 nitrogen and oxygen atoms in total. The number of imidazole rings is 1. The molecule has 8 heteroatoms. The van der Waals surface area contributed by atoms with Gasteiger partial charge in [-0.05, 0) is 12.3 Å². The molecule has 0 aliphatic rings. The second kappa shape index (κ2) is 6.35. The van der Waals surface area contributed by atoms with Crippen molar-refractivity contribution in [2.24, 2.45) is 20.0 Å².